The lowest BCUT2D eigenvalue weighted by Crippen LogP contribution is -2.50. The Morgan fingerprint density at radius 2 is 2.15 bits per heavy atom. The van der Waals surface area contributed by atoms with E-state index in [0.29, 0.717) is 12.5 Å². The fourth-order valence-corrected chi connectivity index (χ4v) is 2.48. The molecule has 0 saturated carbocycles. The van der Waals surface area contributed by atoms with Gasteiger partial charge in [0.15, 0.2) is 0 Å². The maximum absolute atomic E-state index is 11.9. The van der Waals surface area contributed by atoms with Crippen LogP contribution in [0.3, 0.4) is 0 Å². The lowest BCUT2D eigenvalue weighted by molar-refractivity contribution is -0.116. The number of piperazine rings is 1. The summed E-state index contributed by atoms with van der Waals surface area (Å²) in [5.74, 6) is 0.0769. The molecule has 0 spiro atoms. The molecule has 1 aliphatic rings. The van der Waals surface area contributed by atoms with Crippen LogP contribution in [0, 0.1) is 0 Å². The van der Waals surface area contributed by atoms with Crippen LogP contribution in [-0.4, -0.2) is 43.0 Å². The highest BCUT2D eigenvalue weighted by Crippen LogP contribution is 2.14. The first-order chi connectivity index (χ1) is 9.15. The molecule has 2 N–H and O–H groups in total. The van der Waals surface area contributed by atoms with Gasteiger partial charge in [-0.1, -0.05) is 15.9 Å². The molecule has 0 aromatic heterocycles. The zero-order chi connectivity index (χ0) is 13.7. The van der Waals surface area contributed by atoms with E-state index in [0.717, 1.165) is 36.3 Å². The van der Waals surface area contributed by atoms with Crippen molar-refractivity contribution in [1.82, 2.24) is 10.2 Å². The van der Waals surface area contributed by atoms with Crippen LogP contribution >= 0.6 is 28.3 Å². The van der Waals surface area contributed by atoms with Gasteiger partial charge in [-0.2, -0.15) is 0 Å². The zero-order valence-corrected chi connectivity index (χ0v) is 14.0. The van der Waals surface area contributed by atoms with Gasteiger partial charge in [0, 0.05) is 48.8 Å². The average molecular weight is 363 g/mol. The number of nitrogens with zero attached hydrogens (tertiary/aromatic N) is 1. The number of amides is 1. The van der Waals surface area contributed by atoms with E-state index in [1.807, 2.05) is 24.3 Å². The molecule has 0 unspecified atom stereocenters. The summed E-state index contributed by atoms with van der Waals surface area (Å²) in [4.78, 5) is 14.2. The first-order valence-electron chi connectivity index (χ1n) is 6.65. The molecule has 0 bridgehead atoms. The van der Waals surface area contributed by atoms with Crippen molar-refractivity contribution >= 4 is 39.9 Å². The number of hydrogen-bond donors (Lipinski definition) is 2. The molecule has 1 amide bonds. The van der Waals surface area contributed by atoms with Crippen molar-refractivity contribution in [1.29, 1.82) is 0 Å². The number of anilines is 1. The van der Waals surface area contributed by atoms with Gasteiger partial charge < -0.3 is 10.6 Å². The minimum absolute atomic E-state index is 0. The zero-order valence-electron chi connectivity index (χ0n) is 11.6. The summed E-state index contributed by atoms with van der Waals surface area (Å²) < 4.78 is 1.01. The van der Waals surface area contributed by atoms with Crippen molar-refractivity contribution in [3.05, 3.63) is 28.7 Å². The second-order valence-electron chi connectivity index (χ2n) is 4.89. The highest BCUT2D eigenvalue weighted by molar-refractivity contribution is 9.10. The van der Waals surface area contributed by atoms with Crippen molar-refractivity contribution in [2.75, 3.05) is 31.5 Å². The summed E-state index contributed by atoms with van der Waals surface area (Å²) >= 11 is 3.38. The van der Waals surface area contributed by atoms with E-state index in [2.05, 4.69) is 38.4 Å². The molecule has 6 heteroatoms. The fraction of sp³-hybridized carbons (Fsp3) is 0.500. The molecule has 1 atom stereocenters. The molecule has 4 nitrogen and oxygen atoms in total. The van der Waals surface area contributed by atoms with Crippen LogP contribution in [0.2, 0.25) is 0 Å². The van der Waals surface area contributed by atoms with Gasteiger partial charge in [-0.3, -0.25) is 9.69 Å². The summed E-state index contributed by atoms with van der Waals surface area (Å²) in [5, 5.41) is 6.27. The van der Waals surface area contributed by atoms with Gasteiger partial charge in [-0.15, -0.1) is 12.4 Å². The highest BCUT2D eigenvalue weighted by Gasteiger charge is 2.18. The first kappa shape index (κ1) is 17.4. The highest BCUT2D eigenvalue weighted by atomic mass is 79.9. The molecule has 112 valence electrons. The monoisotopic (exact) mass is 361 g/mol. The van der Waals surface area contributed by atoms with Crippen molar-refractivity contribution in [3.63, 3.8) is 0 Å². The van der Waals surface area contributed by atoms with Crippen LogP contribution in [0.1, 0.15) is 13.3 Å². The maximum atomic E-state index is 11.9. The van der Waals surface area contributed by atoms with E-state index in [1.54, 1.807) is 0 Å². The third-order valence-electron chi connectivity index (χ3n) is 3.39. The Morgan fingerprint density at radius 1 is 1.45 bits per heavy atom. The molecule has 1 aromatic rings. The molecule has 1 heterocycles. The quantitative estimate of drug-likeness (QED) is 0.865. The van der Waals surface area contributed by atoms with E-state index < -0.39 is 0 Å². The molecule has 0 aliphatic carbocycles. The van der Waals surface area contributed by atoms with E-state index in [9.17, 15) is 4.79 Å². The smallest absolute Gasteiger partial charge is 0.225 e. The molecular weight excluding hydrogens is 342 g/mol. The lowest BCUT2D eigenvalue weighted by atomic mass is 10.2. The van der Waals surface area contributed by atoms with Gasteiger partial charge >= 0.3 is 0 Å². The van der Waals surface area contributed by atoms with Gasteiger partial charge in [0.1, 0.15) is 0 Å². The number of nitrogens with one attached hydrogen (secondary N) is 2. The van der Waals surface area contributed by atoms with E-state index in [4.69, 9.17) is 0 Å². The third kappa shape index (κ3) is 5.40. The largest absolute Gasteiger partial charge is 0.326 e. The Morgan fingerprint density at radius 3 is 2.80 bits per heavy atom. The maximum Gasteiger partial charge on any atom is 0.225 e. The topological polar surface area (TPSA) is 44.4 Å². The molecule has 1 saturated heterocycles. The number of benzene rings is 1. The van der Waals surface area contributed by atoms with E-state index in [-0.39, 0.29) is 18.3 Å². The SMILES string of the molecule is C[C@@H]1CNCCN1CCC(=O)Nc1ccc(Br)cc1.Cl. The summed E-state index contributed by atoms with van der Waals surface area (Å²) in [6, 6.07) is 8.15. The van der Waals surface area contributed by atoms with Crippen molar-refractivity contribution < 1.29 is 4.79 Å². The number of carbonyl (C=O) groups excluding carboxylic acids is 1. The second kappa shape index (κ2) is 8.62. The molecule has 1 aliphatic heterocycles. The number of carbonyl (C=O) groups is 1. The second-order valence-corrected chi connectivity index (χ2v) is 5.81. The van der Waals surface area contributed by atoms with Crippen molar-refractivity contribution in [2.45, 2.75) is 19.4 Å². The number of halogens is 2. The van der Waals surface area contributed by atoms with Gasteiger partial charge in [-0.05, 0) is 31.2 Å². The number of rotatable bonds is 4. The Balaban J connectivity index is 0.00000200. The lowest BCUT2D eigenvalue weighted by Gasteiger charge is -2.33. The standard InChI is InChI=1S/C14H20BrN3O.ClH/c1-11-10-16-7-9-18(11)8-6-14(19)17-13-4-2-12(15)3-5-13;/h2-5,11,16H,6-10H2,1H3,(H,17,19);1H/t11-;/m1./s1. The first-order valence-corrected chi connectivity index (χ1v) is 7.44. The van der Waals surface area contributed by atoms with Gasteiger partial charge in [0.25, 0.3) is 0 Å². The van der Waals surface area contributed by atoms with Crippen LogP contribution < -0.4 is 10.6 Å². The summed E-state index contributed by atoms with van der Waals surface area (Å²) in [5.41, 5.74) is 0.849. The molecular formula is C14H21BrClN3O. The predicted octanol–water partition coefficient (Wildman–Crippen LogP) is 2.49. The van der Waals surface area contributed by atoms with Crippen LogP contribution in [-0.2, 0) is 4.79 Å². The van der Waals surface area contributed by atoms with Gasteiger partial charge in [0.2, 0.25) is 5.91 Å². The average Bonchev–Trinajstić information content (AvgIpc) is 2.40. The van der Waals surface area contributed by atoms with E-state index >= 15 is 0 Å². The fourth-order valence-electron chi connectivity index (χ4n) is 2.22. The summed E-state index contributed by atoms with van der Waals surface area (Å²) in [6.45, 7) is 6.06. The van der Waals surface area contributed by atoms with Crippen molar-refractivity contribution in [2.24, 2.45) is 0 Å². The minimum atomic E-state index is 0. The number of hydrogen-bond acceptors (Lipinski definition) is 3. The van der Waals surface area contributed by atoms with E-state index in [1.165, 1.54) is 0 Å². The van der Waals surface area contributed by atoms with Crippen LogP contribution in [0.15, 0.2) is 28.7 Å². The summed E-state index contributed by atoms with van der Waals surface area (Å²) in [6.07, 6.45) is 0.542. The third-order valence-corrected chi connectivity index (χ3v) is 3.92. The molecule has 2 rings (SSSR count). The molecule has 0 radical (unpaired) electrons. The van der Waals surface area contributed by atoms with Crippen molar-refractivity contribution in [3.8, 4) is 0 Å². The van der Waals surface area contributed by atoms with Crippen LogP contribution in [0.4, 0.5) is 5.69 Å². The Labute approximate surface area is 134 Å². The predicted molar refractivity (Wildman–Crippen MR) is 88.5 cm³/mol. The molecule has 20 heavy (non-hydrogen) atoms. The Hall–Kier alpha value is -0.620. The molecule has 1 fully saturated rings. The van der Waals surface area contributed by atoms with Crippen LogP contribution in [0.5, 0.6) is 0 Å². The normalized spacial score (nSPS) is 19.2. The van der Waals surface area contributed by atoms with Gasteiger partial charge in [-0.25, -0.2) is 0 Å². The van der Waals surface area contributed by atoms with Crippen LogP contribution in [0.25, 0.3) is 0 Å². The molecule has 1 aromatic carbocycles. The summed E-state index contributed by atoms with van der Waals surface area (Å²) in [7, 11) is 0. The van der Waals surface area contributed by atoms with Gasteiger partial charge in [0.05, 0.1) is 0 Å². The Kier molecular flexibility index (Phi) is 7.51. The Bertz CT molecular complexity index is 427. The minimum Gasteiger partial charge on any atom is -0.326 e.